The van der Waals surface area contributed by atoms with Gasteiger partial charge in [-0.3, -0.25) is 4.90 Å². The zero-order valence-electron chi connectivity index (χ0n) is 11.9. The molecular weight excluding hydrogens is 230 g/mol. The summed E-state index contributed by atoms with van der Waals surface area (Å²) in [5.41, 5.74) is 0. The number of nitrogens with zero attached hydrogens (tertiary/aromatic N) is 3. The van der Waals surface area contributed by atoms with Gasteiger partial charge in [0.05, 0.1) is 18.2 Å². The van der Waals surface area contributed by atoms with Gasteiger partial charge in [-0.25, -0.2) is 0 Å². The van der Waals surface area contributed by atoms with E-state index >= 15 is 0 Å². The maximum atomic E-state index is 5.74. The first-order valence-corrected chi connectivity index (χ1v) is 6.70. The Kier molecular flexibility index (Phi) is 4.02. The van der Waals surface area contributed by atoms with Crippen LogP contribution in [-0.2, 0) is 4.74 Å². The van der Waals surface area contributed by atoms with Gasteiger partial charge in [0.1, 0.15) is 0 Å². The Morgan fingerprint density at radius 1 is 1.17 bits per heavy atom. The quantitative estimate of drug-likeness (QED) is 0.827. The zero-order valence-corrected chi connectivity index (χ0v) is 11.9. The number of aromatic nitrogens is 2. The molecule has 1 aliphatic rings. The van der Waals surface area contributed by atoms with Crippen molar-refractivity contribution < 1.29 is 9.26 Å². The Hall–Kier alpha value is -0.940. The molecule has 1 aliphatic heterocycles. The van der Waals surface area contributed by atoms with Crippen LogP contribution in [0.1, 0.15) is 58.3 Å². The van der Waals surface area contributed by atoms with Crippen molar-refractivity contribution in [2.75, 3.05) is 13.1 Å². The Morgan fingerprint density at radius 3 is 2.28 bits per heavy atom. The van der Waals surface area contributed by atoms with Crippen molar-refractivity contribution in [1.82, 2.24) is 15.0 Å². The van der Waals surface area contributed by atoms with Crippen LogP contribution in [0.15, 0.2) is 4.52 Å². The monoisotopic (exact) mass is 253 g/mol. The van der Waals surface area contributed by atoms with Gasteiger partial charge in [-0.05, 0) is 20.8 Å². The molecule has 0 N–H and O–H groups in total. The summed E-state index contributed by atoms with van der Waals surface area (Å²) in [6.45, 7) is 12.3. The molecule has 18 heavy (non-hydrogen) atoms. The van der Waals surface area contributed by atoms with Crippen LogP contribution in [0.25, 0.3) is 0 Å². The van der Waals surface area contributed by atoms with E-state index in [1.165, 1.54) is 0 Å². The normalized spacial score (nSPS) is 27.7. The topological polar surface area (TPSA) is 51.4 Å². The number of hydrogen-bond acceptors (Lipinski definition) is 5. The zero-order chi connectivity index (χ0) is 13.3. The molecule has 1 saturated heterocycles. The highest BCUT2D eigenvalue weighted by Crippen LogP contribution is 2.24. The third-order valence-electron chi connectivity index (χ3n) is 3.33. The highest BCUT2D eigenvalue weighted by atomic mass is 16.5. The lowest BCUT2D eigenvalue weighted by Gasteiger charge is -2.37. The van der Waals surface area contributed by atoms with Crippen LogP contribution in [0.5, 0.6) is 0 Å². The third kappa shape index (κ3) is 2.90. The molecule has 1 aromatic rings. The van der Waals surface area contributed by atoms with Crippen LogP contribution >= 0.6 is 0 Å². The molecule has 3 atom stereocenters. The lowest BCUT2D eigenvalue weighted by molar-refractivity contribution is -0.0818. The molecule has 0 aromatic carbocycles. The van der Waals surface area contributed by atoms with Crippen LogP contribution < -0.4 is 0 Å². The highest BCUT2D eigenvalue weighted by Gasteiger charge is 2.29. The fourth-order valence-corrected chi connectivity index (χ4v) is 2.34. The summed E-state index contributed by atoms with van der Waals surface area (Å²) in [5, 5.41) is 4.03. The Balaban J connectivity index is 2.07. The third-order valence-corrected chi connectivity index (χ3v) is 3.33. The molecule has 2 rings (SSSR count). The second-order valence-corrected chi connectivity index (χ2v) is 5.53. The van der Waals surface area contributed by atoms with Gasteiger partial charge in [0.25, 0.3) is 0 Å². The molecule has 0 amide bonds. The molecule has 0 bridgehead atoms. The summed E-state index contributed by atoms with van der Waals surface area (Å²) in [5.74, 6) is 1.79. The maximum Gasteiger partial charge on any atom is 0.243 e. The predicted molar refractivity (Wildman–Crippen MR) is 68.4 cm³/mol. The van der Waals surface area contributed by atoms with Gasteiger partial charge in [-0.2, -0.15) is 4.98 Å². The molecule has 5 nitrogen and oxygen atoms in total. The summed E-state index contributed by atoms with van der Waals surface area (Å²) < 4.78 is 11.1. The average Bonchev–Trinajstić information content (AvgIpc) is 2.75. The lowest BCUT2D eigenvalue weighted by atomic mass is 10.1. The fourth-order valence-electron chi connectivity index (χ4n) is 2.34. The first kappa shape index (κ1) is 13.5. The number of hydrogen-bond donors (Lipinski definition) is 0. The Morgan fingerprint density at radius 2 is 1.78 bits per heavy atom. The van der Waals surface area contributed by atoms with Gasteiger partial charge in [0, 0.05) is 19.0 Å². The number of morpholine rings is 1. The molecule has 0 unspecified atom stereocenters. The minimum absolute atomic E-state index is 0.152. The van der Waals surface area contributed by atoms with Crippen molar-refractivity contribution >= 4 is 0 Å². The molecule has 1 fully saturated rings. The van der Waals surface area contributed by atoms with E-state index in [-0.39, 0.29) is 18.2 Å². The van der Waals surface area contributed by atoms with Crippen molar-refractivity contribution in [2.24, 2.45) is 0 Å². The first-order valence-electron chi connectivity index (χ1n) is 6.70. The van der Waals surface area contributed by atoms with Crippen LogP contribution in [0.3, 0.4) is 0 Å². The second kappa shape index (κ2) is 5.36. The lowest BCUT2D eigenvalue weighted by Crippen LogP contribution is -2.46. The maximum absolute atomic E-state index is 5.74. The standard InChI is InChI=1S/C13H23N3O2/c1-8(2)12-14-13(18-15-12)11(5)16-6-9(3)17-10(4)7-16/h8-11H,6-7H2,1-5H3/t9-,10-,11-/m1/s1. The molecule has 0 aliphatic carbocycles. The van der Waals surface area contributed by atoms with Crippen molar-refractivity contribution in [3.05, 3.63) is 11.7 Å². The van der Waals surface area contributed by atoms with Crippen LogP contribution in [0, 0.1) is 0 Å². The predicted octanol–water partition coefficient (Wildman–Crippen LogP) is 2.36. The summed E-state index contributed by atoms with van der Waals surface area (Å²) in [6, 6.07) is 0.152. The number of rotatable bonds is 3. The van der Waals surface area contributed by atoms with Gasteiger partial charge in [0.2, 0.25) is 5.89 Å². The molecule has 2 heterocycles. The largest absolute Gasteiger partial charge is 0.373 e. The summed E-state index contributed by atoms with van der Waals surface area (Å²) in [7, 11) is 0. The fraction of sp³-hybridized carbons (Fsp3) is 0.846. The first-order chi connectivity index (χ1) is 8.47. The van der Waals surface area contributed by atoms with Crippen molar-refractivity contribution in [3.63, 3.8) is 0 Å². The molecule has 0 saturated carbocycles. The minimum Gasteiger partial charge on any atom is -0.373 e. The van der Waals surface area contributed by atoms with Crippen molar-refractivity contribution in [1.29, 1.82) is 0 Å². The molecule has 5 heteroatoms. The van der Waals surface area contributed by atoms with E-state index in [1.807, 2.05) is 0 Å². The molecule has 0 radical (unpaired) electrons. The van der Waals surface area contributed by atoms with Gasteiger partial charge >= 0.3 is 0 Å². The smallest absolute Gasteiger partial charge is 0.243 e. The molecular formula is C13H23N3O2. The van der Waals surface area contributed by atoms with Gasteiger partial charge in [-0.15, -0.1) is 0 Å². The van der Waals surface area contributed by atoms with Crippen molar-refractivity contribution in [2.45, 2.75) is 58.8 Å². The van der Waals surface area contributed by atoms with E-state index < -0.39 is 0 Å². The van der Waals surface area contributed by atoms with Gasteiger partial charge < -0.3 is 9.26 Å². The van der Waals surface area contributed by atoms with E-state index in [9.17, 15) is 0 Å². The van der Waals surface area contributed by atoms with Crippen LogP contribution in [-0.4, -0.2) is 40.3 Å². The SMILES string of the molecule is CC(C)c1noc([C@@H](C)N2C[C@@H](C)O[C@H](C)C2)n1. The van der Waals surface area contributed by atoms with E-state index in [0.29, 0.717) is 11.8 Å². The minimum atomic E-state index is 0.152. The van der Waals surface area contributed by atoms with Gasteiger partial charge in [0.15, 0.2) is 5.82 Å². The van der Waals surface area contributed by atoms with Crippen molar-refractivity contribution in [3.8, 4) is 0 Å². The van der Waals surface area contributed by atoms with Crippen LogP contribution in [0.4, 0.5) is 0 Å². The Labute approximate surface area is 108 Å². The highest BCUT2D eigenvalue weighted by molar-refractivity contribution is 4.96. The van der Waals surface area contributed by atoms with Gasteiger partial charge in [-0.1, -0.05) is 19.0 Å². The average molecular weight is 253 g/mol. The van der Waals surface area contributed by atoms with E-state index in [0.717, 1.165) is 18.9 Å². The summed E-state index contributed by atoms with van der Waals surface area (Å²) in [6.07, 6.45) is 0.507. The van der Waals surface area contributed by atoms with E-state index in [2.05, 4.69) is 49.7 Å². The van der Waals surface area contributed by atoms with Crippen LogP contribution in [0.2, 0.25) is 0 Å². The Bertz CT molecular complexity index is 381. The molecule has 102 valence electrons. The van der Waals surface area contributed by atoms with E-state index in [1.54, 1.807) is 0 Å². The number of ether oxygens (including phenoxy) is 1. The summed E-state index contributed by atoms with van der Waals surface area (Å²) >= 11 is 0. The van der Waals surface area contributed by atoms with E-state index in [4.69, 9.17) is 9.26 Å². The molecule has 0 spiro atoms. The second-order valence-electron chi connectivity index (χ2n) is 5.53. The molecule has 1 aromatic heterocycles. The summed E-state index contributed by atoms with van der Waals surface area (Å²) in [4.78, 5) is 6.82.